The predicted molar refractivity (Wildman–Crippen MR) is 102 cm³/mol. The average molecular weight is 462 g/mol. The summed E-state index contributed by atoms with van der Waals surface area (Å²) in [5.41, 5.74) is 4.27. The van der Waals surface area contributed by atoms with Gasteiger partial charge >= 0.3 is 12.1 Å². The lowest BCUT2D eigenvalue weighted by molar-refractivity contribution is -0.192. The molecule has 1 unspecified atom stereocenters. The summed E-state index contributed by atoms with van der Waals surface area (Å²) in [5, 5.41) is 14.6. The molecule has 31 heavy (non-hydrogen) atoms. The van der Waals surface area contributed by atoms with Crippen molar-refractivity contribution in [3.8, 4) is 11.4 Å². The molecule has 4 heterocycles. The number of carbonyl (C=O) groups is 1. The Kier molecular flexibility index (Phi) is 6.65. The third-order valence-electron chi connectivity index (χ3n) is 5.06. The Morgan fingerprint density at radius 2 is 2.10 bits per heavy atom. The zero-order chi connectivity index (χ0) is 22.8. The molecule has 2 aromatic rings. The van der Waals surface area contributed by atoms with Gasteiger partial charge in [-0.15, -0.1) is 0 Å². The normalized spacial score (nSPS) is 19.9. The van der Waals surface area contributed by atoms with Crippen LogP contribution in [0.1, 0.15) is 29.1 Å². The number of carboxylic acids is 1. The zero-order valence-corrected chi connectivity index (χ0v) is 17.4. The number of pyridine rings is 1. The third-order valence-corrected chi connectivity index (χ3v) is 6.89. The summed E-state index contributed by atoms with van der Waals surface area (Å²) in [6.45, 7) is 3.69. The summed E-state index contributed by atoms with van der Waals surface area (Å²) in [4.78, 5) is 17.9. The van der Waals surface area contributed by atoms with Crippen molar-refractivity contribution in [2.45, 2.75) is 38.9 Å². The van der Waals surface area contributed by atoms with Crippen LogP contribution in [0.25, 0.3) is 11.4 Å². The van der Waals surface area contributed by atoms with Gasteiger partial charge in [-0.05, 0) is 43.4 Å². The summed E-state index contributed by atoms with van der Waals surface area (Å²) in [5.74, 6) is -1.12. The van der Waals surface area contributed by atoms with Crippen LogP contribution in [0.5, 0.6) is 0 Å². The standard InChI is InChI=1S/C16H20N4O3S.C2HF3O2/c1-10-15(13-2-4-17-7-12(13)8-18-10)16-19-14(23-20-16)6-11-3-5-24(21,22)9-11;3-2(4,5)1(6)7/h8,11,17H,2-7,9H2,1H3;(H,6,7). The second kappa shape index (κ2) is 8.91. The van der Waals surface area contributed by atoms with E-state index >= 15 is 0 Å². The monoisotopic (exact) mass is 462 g/mol. The zero-order valence-electron chi connectivity index (χ0n) is 16.6. The van der Waals surface area contributed by atoms with E-state index in [0.717, 1.165) is 30.8 Å². The largest absolute Gasteiger partial charge is 0.490 e. The van der Waals surface area contributed by atoms with Crippen LogP contribution in [-0.2, 0) is 34.0 Å². The Labute approximate surface area is 176 Å². The molecule has 9 nitrogen and oxygen atoms in total. The smallest absolute Gasteiger partial charge is 0.475 e. The highest BCUT2D eigenvalue weighted by molar-refractivity contribution is 7.91. The fourth-order valence-corrected chi connectivity index (χ4v) is 5.45. The number of nitrogens with one attached hydrogen (secondary N) is 1. The molecule has 4 rings (SSSR count). The number of hydrogen-bond acceptors (Lipinski definition) is 8. The Balaban J connectivity index is 0.000000339. The first kappa shape index (κ1) is 23.1. The van der Waals surface area contributed by atoms with E-state index in [1.54, 1.807) is 0 Å². The van der Waals surface area contributed by atoms with Crippen LogP contribution >= 0.6 is 0 Å². The van der Waals surface area contributed by atoms with E-state index in [1.165, 1.54) is 11.1 Å². The van der Waals surface area contributed by atoms with Crippen LogP contribution in [-0.4, -0.2) is 58.8 Å². The van der Waals surface area contributed by atoms with Gasteiger partial charge in [-0.2, -0.15) is 18.2 Å². The first-order chi connectivity index (χ1) is 14.5. The SMILES string of the molecule is Cc1ncc2c(c1-c1noc(CC3CCS(=O)(=O)C3)n1)CCNC2.O=C(O)C(F)(F)F. The minimum absolute atomic E-state index is 0.0800. The van der Waals surface area contributed by atoms with E-state index in [-0.39, 0.29) is 17.4 Å². The van der Waals surface area contributed by atoms with Crippen LogP contribution in [0, 0.1) is 12.8 Å². The highest BCUT2D eigenvalue weighted by Crippen LogP contribution is 2.29. The van der Waals surface area contributed by atoms with Crippen molar-refractivity contribution in [3.63, 3.8) is 0 Å². The number of hydrogen-bond donors (Lipinski definition) is 2. The molecule has 0 radical (unpaired) electrons. The number of rotatable bonds is 3. The Hall–Kier alpha value is -2.54. The number of nitrogens with zero attached hydrogens (tertiary/aromatic N) is 3. The van der Waals surface area contributed by atoms with Gasteiger partial charge in [0.25, 0.3) is 0 Å². The van der Waals surface area contributed by atoms with Crippen molar-refractivity contribution in [1.29, 1.82) is 0 Å². The summed E-state index contributed by atoms with van der Waals surface area (Å²) >= 11 is 0. The molecule has 0 amide bonds. The van der Waals surface area contributed by atoms with Crippen LogP contribution < -0.4 is 5.32 Å². The fourth-order valence-electron chi connectivity index (χ4n) is 3.59. The van der Waals surface area contributed by atoms with Gasteiger partial charge in [0.15, 0.2) is 9.84 Å². The quantitative estimate of drug-likeness (QED) is 0.698. The molecular weight excluding hydrogens is 441 g/mol. The second-order valence-corrected chi connectivity index (χ2v) is 9.67. The molecule has 2 aliphatic rings. The molecule has 0 spiro atoms. The molecular formula is C18H21F3N4O5S. The maximum atomic E-state index is 11.6. The lowest BCUT2D eigenvalue weighted by Crippen LogP contribution is -2.24. The molecule has 1 atom stereocenters. The van der Waals surface area contributed by atoms with Crippen molar-refractivity contribution in [2.75, 3.05) is 18.1 Å². The lowest BCUT2D eigenvalue weighted by atomic mass is 9.95. The van der Waals surface area contributed by atoms with Crippen LogP contribution in [0.2, 0.25) is 0 Å². The van der Waals surface area contributed by atoms with Gasteiger partial charge in [-0.1, -0.05) is 5.16 Å². The van der Waals surface area contributed by atoms with Crippen molar-refractivity contribution < 1.29 is 36.0 Å². The summed E-state index contributed by atoms with van der Waals surface area (Å²) < 4.78 is 60.3. The molecule has 1 saturated heterocycles. The molecule has 170 valence electrons. The van der Waals surface area contributed by atoms with Gasteiger partial charge in [-0.3, -0.25) is 4.98 Å². The number of halogens is 3. The molecule has 1 fully saturated rings. The van der Waals surface area contributed by atoms with Crippen molar-refractivity contribution in [2.24, 2.45) is 5.92 Å². The van der Waals surface area contributed by atoms with Gasteiger partial charge in [0.2, 0.25) is 11.7 Å². The molecule has 0 bridgehead atoms. The van der Waals surface area contributed by atoms with Gasteiger partial charge < -0.3 is 14.9 Å². The number of alkyl halides is 3. The second-order valence-electron chi connectivity index (χ2n) is 7.44. The molecule has 2 N–H and O–H groups in total. The van der Waals surface area contributed by atoms with Crippen molar-refractivity contribution in [1.82, 2.24) is 20.4 Å². The molecule has 2 aliphatic heterocycles. The lowest BCUT2D eigenvalue weighted by Gasteiger charge is -2.19. The highest BCUT2D eigenvalue weighted by Gasteiger charge is 2.38. The van der Waals surface area contributed by atoms with E-state index in [2.05, 4.69) is 20.4 Å². The van der Waals surface area contributed by atoms with Gasteiger partial charge in [0, 0.05) is 30.4 Å². The minimum atomic E-state index is -5.08. The molecule has 0 saturated carbocycles. The molecule has 0 aromatic carbocycles. The van der Waals surface area contributed by atoms with Crippen molar-refractivity contribution >= 4 is 15.8 Å². The van der Waals surface area contributed by atoms with Crippen LogP contribution in [0.4, 0.5) is 13.2 Å². The topological polar surface area (TPSA) is 135 Å². The van der Waals surface area contributed by atoms with Gasteiger partial charge in [0.1, 0.15) is 0 Å². The molecule has 13 heteroatoms. The Bertz CT molecular complexity index is 1070. The number of aryl methyl sites for hydroxylation is 1. The molecule has 0 aliphatic carbocycles. The number of fused-ring (bicyclic) bond motifs is 1. The Morgan fingerprint density at radius 1 is 1.39 bits per heavy atom. The van der Waals surface area contributed by atoms with Gasteiger partial charge in [0.05, 0.1) is 11.5 Å². The van der Waals surface area contributed by atoms with E-state index in [9.17, 15) is 21.6 Å². The van der Waals surface area contributed by atoms with Gasteiger partial charge in [-0.25, -0.2) is 13.2 Å². The molecule has 2 aromatic heterocycles. The average Bonchev–Trinajstić information content (AvgIpc) is 3.27. The minimum Gasteiger partial charge on any atom is -0.475 e. The highest BCUT2D eigenvalue weighted by atomic mass is 32.2. The van der Waals surface area contributed by atoms with Crippen LogP contribution in [0.3, 0.4) is 0 Å². The van der Waals surface area contributed by atoms with E-state index in [4.69, 9.17) is 14.4 Å². The third kappa shape index (κ3) is 5.79. The Morgan fingerprint density at radius 3 is 2.71 bits per heavy atom. The summed E-state index contributed by atoms with van der Waals surface area (Å²) in [6.07, 6.45) is -1.06. The number of sulfone groups is 1. The predicted octanol–water partition coefficient (Wildman–Crippen LogP) is 1.70. The fraction of sp³-hybridized carbons (Fsp3) is 0.556. The number of aliphatic carboxylic acids is 1. The first-order valence-electron chi connectivity index (χ1n) is 9.48. The number of carboxylic acid groups (broad SMARTS) is 1. The maximum absolute atomic E-state index is 11.6. The number of aromatic nitrogens is 3. The first-order valence-corrected chi connectivity index (χ1v) is 11.3. The maximum Gasteiger partial charge on any atom is 0.490 e. The van der Waals surface area contributed by atoms with Crippen molar-refractivity contribution in [3.05, 3.63) is 28.9 Å². The van der Waals surface area contributed by atoms with Crippen LogP contribution in [0.15, 0.2) is 10.7 Å². The van der Waals surface area contributed by atoms with E-state index in [1.807, 2.05) is 13.1 Å². The summed E-state index contributed by atoms with van der Waals surface area (Å²) in [7, 11) is -2.89. The van der Waals surface area contributed by atoms with E-state index < -0.39 is 22.0 Å². The van der Waals surface area contributed by atoms with E-state index in [0.29, 0.717) is 24.6 Å². The summed E-state index contributed by atoms with van der Waals surface area (Å²) in [6, 6.07) is 0.